The summed E-state index contributed by atoms with van der Waals surface area (Å²) in [5.74, 6) is -0.125. The van der Waals surface area contributed by atoms with Crippen molar-refractivity contribution in [3.8, 4) is 6.07 Å². The van der Waals surface area contributed by atoms with Gasteiger partial charge in [0.1, 0.15) is 5.54 Å². The van der Waals surface area contributed by atoms with Crippen LogP contribution in [-0.2, 0) is 9.84 Å². The maximum absolute atomic E-state index is 11.5. The number of sulfone groups is 1. The molecule has 1 aromatic carbocycles. The molecule has 1 atom stereocenters. The van der Waals surface area contributed by atoms with E-state index < -0.39 is 15.4 Å². The number of halogens is 1. The molecule has 0 aromatic heterocycles. The fourth-order valence-electron chi connectivity index (χ4n) is 1.88. The average Bonchev–Trinajstić information content (AvgIpc) is 2.59. The van der Waals surface area contributed by atoms with E-state index in [-0.39, 0.29) is 17.9 Å². The van der Waals surface area contributed by atoms with Crippen LogP contribution in [0, 0.1) is 11.3 Å². The number of nitrogens with one attached hydrogen (secondary N) is 1. The maximum atomic E-state index is 11.5. The molecule has 1 unspecified atom stereocenters. The second-order valence-corrected chi connectivity index (χ2v) is 6.73. The predicted molar refractivity (Wildman–Crippen MR) is 66.7 cm³/mol. The van der Waals surface area contributed by atoms with Gasteiger partial charge in [-0.1, -0.05) is 23.7 Å². The lowest BCUT2D eigenvalue weighted by Crippen LogP contribution is -2.37. The first-order chi connectivity index (χ1) is 7.96. The standard InChI is InChI=1S/C11H11ClN2O2S/c12-9-3-1-2-4-10(9)14-11(7-13)5-6-17(15,16)8-11/h1-4,14H,5-6,8H2. The van der Waals surface area contributed by atoms with E-state index in [4.69, 9.17) is 11.6 Å². The first-order valence-corrected chi connectivity index (χ1v) is 7.31. The number of nitriles is 1. The molecule has 1 N–H and O–H groups in total. The van der Waals surface area contributed by atoms with Gasteiger partial charge >= 0.3 is 0 Å². The van der Waals surface area contributed by atoms with Crippen LogP contribution in [0.15, 0.2) is 24.3 Å². The predicted octanol–water partition coefficient (Wildman–Crippen LogP) is 1.83. The van der Waals surface area contributed by atoms with Crippen LogP contribution in [0.4, 0.5) is 5.69 Å². The summed E-state index contributed by atoms with van der Waals surface area (Å²) in [6.45, 7) is 0. The van der Waals surface area contributed by atoms with Gasteiger partial charge in [0.25, 0.3) is 0 Å². The molecule has 1 aliphatic heterocycles. The van der Waals surface area contributed by atoms with E-state index in [1.54, 1.807) is 24.3 Å². The van der Waals surface area contributed by atoms with E-state index in [0.29, 0.717) is 10.7 Å². The number of hydrogen-bond donors (Lipinski definition) is 1. The zero-order valence-electron chi connectivity index (χ0n) is 8.98. The third-order valence-corrected chi connectivity index (χ3v) is 4.86. The Labute approximate surface area is 105 Å². The highest BCUT2D eigenvalue weighted by atomic mass is 35.5. The first-order valence-electron chi connectivity index (χ1n) is 5.11. The van der Waals surface area contributed by atoms with Crippen molar-refractivity contribution in [3.05, 3.63) is 29.3 Å². The molecule has 1 aromatic rings. The quantitative estimate of drug-likeness (QED) is 0.890. The third-order valence-electron chi connectivity index (χ3n) is 2.77. The number of rotatable bonds is 2. The monoisotopic (exact) mass is 270 g/mol. The second-order valence-electron chi connectivity index (χ2n) is 4.14. The molecular weight excluding hydrogens is 260 g/mol. The first kappa shape index (κ1) is 12.2. The van der Waals surface area contributed by atoms with Crippen molar-refractivity contribution < 1.29 is 8.42 Å². The molecule has 1 aliphatic rings. The molecule has 1 heterocycles. The summed E-state index contributed by atoms with van der Waals surface area (Å²) in [6, 6.07) is 9.04. The van der Waals surface area contributed by atoms with Crippen molar-refractivity contribution >= 4 is 27.1 Å². The van der Waals surface area contributed by atoms with Crippen molar-refractivity contribution in [2.75, 3.05) is 16.8 Å². The van der Waals surface area contributed by atoms with Crippen molar-refractivity contribution in [2.45, 2.75) is 12.0 Å². The lowest BCUT2D eigenvalue weighted by Gasteiger charge is -2.22. The van der Waals surface area contributed by atoms with Crippen molar-refractivity contribution in [1.29, 1.82) is 5.26 Å². The molecule has 2 rings (SSSR count). The van der Waals surface area contributed by atoms with E-state index >= 15 is 0 Å². The molecule has 0 saturated carbocycles. The Balaban J connectivity index is 2.29. The summed E-state index contributed by atoms with van der Waals surface area (Å²) >= 11 is 5.97. The highest BCUT2D eigenvalue weighted by molar-refractivity contribution is 7.91. The van der Waals surface area contributed by atoms with Crippen molar-refractivity contribution in [3.63, 3.8) is 0 Å². The smallest absolute Gasteiger partial charge is 0.153 e. The highest BCUT2D eigenvalue weighted by Crippen LogP contribution is 2.30. The van der Waals surface area contributed by atoms with Gasteiger partial charge in [-0.3, -0.25) is 0 Å². The molecule has 1 saturated heterocycles. The fourth-order valence-corrected chi connectivity index (χ4v) is 3.90. The van der Waals surface area contributed by atoms with E-state index in [1.807, 2.05) is 0 Å². The minimum absolute atomic E-state index is 0.0397. The molecule has 4 nitrogen and oxygen atoms in total. The summed E-state index contributed by atoms with van der Waals surface area (Å²) in [5, 5.41) is 12.6. The number of para-hydroxylation sites is 1. The van der Waals surface area contributed by atoms with Crippen LogP contribution >= 0.6 is 11.6 Å². The Bertz CT molecular complexity index is 579. The van der Waals surface area contributed by atoms with E-state index in [2.05, 4.69) is 11.4 Å². The largest absolute Gasteiger partial charge is 0.365 e. The van der Waals surface area contributed by atoms with Gasteiger partial charge in [-0.05, 0) is 18.6 Å². The van der Waals surface area contributed by atoms with Gasteiger partial charge in [0, 0.05) is 0 Å². The van der Waals surface area contributed by atoms with Crippen LogP contribution in [0.3, 0.4) is 0 Å². The van der Waals surface area contributed by atoms with Gasteiger partial charge < -0.3 is 5.32 Å². The van der Waals surface area contributed by atoms with E-state index in [0.717, 1.165) is 0 Å². The Kier molecular flexibility index (Phi) is 3.02. The van der Waals surface area contributed by atoms with Crippen LogP contribution in [0.1, 0.15) is 6.42 Å². The minimum atomic E-state index is -3.13. The highest BCUT2D eigenvalue weighted by Gasteiger charge is 2.42. The average molecular weight is 271 g/mol. The van der Waals surface area contributed by atoms with Crippen molar-refractivity contribution in [2.24, 2.45) is 0 Å². The van der Waals surface area contributed by atoms with Gasteiger partial charge in [0.15, 0.2) is 9.84 Å². The summed E-state index contributed by atoms with van der Waals surface area (Å²) in [6.07, 6.45) is 0.289. The van der Waals surface area contributed by atoms with Crippen LogP contribution in [0.25, 0.3) is 0 Å². The zero-order valence-corrected chi connectivity index (χ0v) is 10.6. The molecule has 1 fully saturated rings. The Morgan fingerprint density at radius 2 is 2.12 bits per heavy atom. The Morgan fingerprint density at radius 1 is 1.41 bits per heavy atom. The molecule has 0 bridgehead atoms. The third kappa shape index (κ3) is 2.54. The van der Waals surface area contributed by atoms with Gasteiger partial charge in [-0.2, -0.15) is 5.26 Å². The molecular formula is C11H11ClN2O2S. The lowest BCUT2D eigenvalue weighted by molar-refractivity contribution is 0.599. The van der Waals surface area contributed by atoms with Gasteiger partial charge in [0.2, 0.25) is 0 Å². The topological polar surface area (TPSA) is 70.0 Å². The zero-order chi connectivity index (χ0) is 12.5. The SMILES string of the molecule is N#CC1(Nc2ccccc2Cl)CCS(=O)(=O)C1. The molecule has 6 heteroatoms. The van der Waals surface area contributed by atoms with E-state index in [1.165, 1.54) is 0 Å². The minimum Gasteiger partial charge on any atom is -0.365 e. The van der Waals surface area contributed by atoms with Crippen molar-refractivity contribution in [1.82, 2.24) is 0 Å². The normalized spacial score (nSPS) is 26.4. The van der Waals surface area contributed by atoms with Crippen LogP contribution in [0.2, 0.25) is 5.02 Å². The van der Waals surface area contributed by atoms with Crippen LogP contribution < -0.4 is 5.32 Å². The van der Waals surface area contributed by atoms with Crippen LogP contribution in [-0.4, -0.2) is 25.5 Å². The Hall–Kier alpha value is -1.25. The summed E-state index contributed by atoms with van der Waals surface area (Å²) in [7, 11) is -3.13. The summed E-state index contributed by atoms with van der Waals surface area (Å²) in [5.41, 5.74) is -0.461. The molecule has 0 radical (unpaired) electrons. The van der Waals surface area contributed by atoms with Crippen LogP contribution in [0.5, 0.6) is 0 Å². The number of benzene rings is 1. The molecule has 0 spiro atoms. The van der Waals surface area contributed by atoms with E-state index in [9.17, 15) is 13.7 Å². The second kappa shape index (κ2) is 4.21. The van der Waals surface area contributed by atoms with Gasteiger partial charge in [-0.15, -0.1) is 0 Å². The molecule has 17 heavy (non-hydrogen) atoms. The molecule has 0 amide bonds. The summed E-state index contributed by atoms with van der Waals surface area (Å²) < 4.78 is 22.9. The fraction of sp³-hybridized carbons (Fsp3) is 0.364. The van der Waals surface area contributed by atoms with Gasteiger partial charge in [0.05, 0.1) is 28.3 Å². The molecule has 90 valence electrons. The lowest BCUT2D eigenvalue weighted by atomic mass is 10.0. The molecule has 0 aliphatic carbocycles. The summed E-state index contributed by atoms with van der Waals surface area (Å²) in [4.78, 5) is 0. The Morgan fingerprint density at radius 3 is 2.65 bits per heavy atom. The maximum Gasteiger partial charge on any atom is 0.153 e. The number of anilines is 1. The van der Waals surface area contributed by atoms with Gasteiger partial charge in [-0.25, -0.2) is 8.42 Å². The number of nitrogens with zero attached hydrogens (tertiary/aromatic N) is 1. The number of hydrogen-bond acceptors (Lipinski definition) is 4.